The summed E-state index contributed by atoms with van der Waals surface area (Å²) in [6, 6.07) is 0.892. The maximum absolute atomic E-state index is 14.7. The number of carbonyl (C=O) groups excluding carboxylic acids is 2. The van der Waals surface area contributed by atoms with Crippen LogP contribution in [-0.4, -0.2) is 185 Å². The van der Waals surface area contributed by atoms with Gasteiger partial charge >= 0.3 is 39.7 Å². The average Bonchev–Trinajstić information content (AvgIpc) is 3.87. The number of aliphatic hydroxyl groups excluding tert-OH is 5. The van der Waals surface area contributed by atoms with Crippen molar-refractivity contribution >= 4 is 34.5 Å². The van der Waals surface area contributed by atoms with Crippen LogP contribution in [0, 0.1) is 6.42 Å². The average molecular weight is 999 g/mol. The fourth-order valence-corrected chi connectivity index (χ4v) is 10.3. The number of phosphoric acid groups is 2. The molecule has 2 aromatic rings. The first kappa shape index (κ1) is 52.5. The van der Waals surface area contributed by atoms with E-state index in [1.165, 1.54) is 0 Å². The van der Waals surface area contributed by atoms with Crippen LogP contribution in [0.15, 0.2) is 43.7 Å². The fraction of sp³-hybridized carbons (Fsp3) is 0.657. The molecule has 0 saturated carbocycles. The molecule has 8 N–H and O–H groups in total. The Morgan fingerprint density at radius 1 is 0.701 bits per heavy atom. The molecule has 4 aliphatic rings. The zero-order valence-corrected chi connectivity index (χ0v) is 37.9. The number of rotatable bonds is 22. The Hall–Kier alpha value is -3.82. The van der Waals surface area contributed by atoms with Gasteiger partial charge in [-0.05, 0) is 27.7 Å². The number of nitrogens with one attached hydrogen (secondary N) is 3. The van der Waals surface area contributed by atoms with Gasteiger partial charge in [0, 0.05) is 50.7 Å². The lowest BCUT2D eigenvalue weighted by Gasteiger charge is -2.34. The molecule has 0 aliphatic carbocycles. The van der Waals surface area contributed by atoms with E-state index < -0.39 is 144 Å². The molecular formula is C35H52N8O22P2+2. The Kier molecular flexibility index (Phi) is 17.5. The highest BCUT2D eigenvalue weighted by Gasteiger charge is 2.58. The molecule has 3 fully saturated rings. The minimum Gasteiger partial charge on any atom is -0.604 e. The van der Waals surface area contributed by atoms with Gasteiger partial charge in [-0.1, -0.05) is 9.25 Å². The normalized spacial score (nSPS) is 31.7. The number of hydrogen-bond donors (Lipinski definition) is 8. The highest BCUT2D eigenvalue weighted by atomic mass is 31.2. The molecule has 372 valence electrons. The zero-order chi connectivity index (χ0) is 49.0. The highest BCUT2D eigenvalue weighted by Crippen LogP contribution is 2.60. The van der Waals surface area contributed by atoms with Gasteiger partial charge in [0.15, 0.2) is 24.7 Å². The Morgan fingerprint density at radius 2 is 1.16 bits per heavy atom. The summed E-state index contributed by atoms with van der Waals surface area (Å²) in [5.74, 6) is -0.754. The molecule has 0 spiro atoms. The van der Waals surface area contributed by atoms with Crippen LogP contribution in [0.4, 0.5) is 4.79 Å². The predicted molar refractivity (Wildman–Crippen MR) is 218 cm³/mol. The smallest absolute Gasteiger partial charge is 0.507 e. The molecule has 0 bridgehead atoms. The molecule has 6 heterocycles. The van der Waals surface area contributed by atoms with Crippen molar-refractivity contribution in [1.82, 2.24) is 34.5 Å². The fourth-order valence-electron chi connectivity index (χ4n) is 7.16. The maximum atomic E-state index is 14.7. The maximum Gasteiger partial charge on any atom is 0.507 e. The van der Waals surface area contributed by atoms with Gasteiger partial charge in [0.25, 0.3) is 23.8 Å². The van der Waals surface area contributed by atoms with Crippen LogP contribution in [0.2, 0.25) is 0 Å². The molecular weight excluding hydrogens is 946 g/mol. The Balaban J connectivity index is 1.29. The first-order valence-corrected chi connectivity index (χ1v) is 23.7. The predicted octanol–water partition coefficient (Wildman–Crippen LogP) is -5.99. The molecule has 6 rings (SSSR count). The Morgan fingerprint density at radius 3 is 1.61 bits per heavy atom. The lowest BCUT2D eigenvalue weighted by atomic mass is 10.1. The van der Waals surface area contributed by atoms with Crippen LogP contribution in [0.1, 0.15) is 40.2 Å². The number of phosphoric ester groups is 2. The molecule has 14 atom stereocenters. The van der Waals surface area contributed by atoms with Crippen LogP contribution in [-0.2, 0) is 46.3 Å². The van der Waals surface area contributed by atoms with E-state index in [4.69, 9.17) is 41.6 Å². The number of imide groups is 1. The molecule has 4 aliphatic heterocycles. The van der Waals surface area contributed by atoms with E-state index in [9.17, 15) is 64.1 Å². The number of amides is 3. The minimum atomic E-state index is -5.13. The van der Waals surface area contributed by atoms with E-state index in [1.807, 2.05) is 15.3 Å². The quantitative estimate of drug-likeness (QED) is 0.0236. The van der Waals surface area contributed by atoms with E-state index >= 15 is 0 Å². The van der Waals surface area contributed by atoms with Crippen LogP contribution in [0.5, 0.6) is 0 Å². The van der Waals surface area contributed by atoms with Gasteiger partial charge in [0.1, 0.15) is 55.9 Å². The number of aromatic nitrogens is 4. The lowest BCUT2D eigenvalue weighted by Crippen LogP contribution is -2.50. The third-order valence-corrected chi connectivity index (χ3v) is 13.4. The van der Waals surface area contributed by atoms with E-state index in [1.54, 1.807) is 27.7 Å². The number of ether oxygens (including phenoxy) is 3. The molecule has 0 aromatic carbocycles. The third kappa shape index (κ3) is 12.0. The molecule has 0 radical (unpaired) electrons. The Bertz CT molecular complexity index is 2310. The van der Waals surface area contributed by atoms with Crippen molar-refractivity contribution in [2.24, 2.45) is 0 Å². The number of hydrogen-bond acceptors (Lipinski definition) is 24. The minimum absolute atomic E-state index is 0.0593. The summed E-state index contributed by atoms with van der Waals surface area (Å²) in [6.45, 7) is 3.92. The van der Waals surface area contributed by atoms with Gasteiger partial charge in [-0.3, -0.25) is 28.7 Å². The van der Waals surface area contributed by atoms with Crippen LogP contribution < -0.4 is 37.6 Å². The monoisotopic (exact) mass is 998 g/mol. The molecule has 2 unspecified atom stereocenters. The second-order valence-corrected chi connectivity index (χ2v) is 18.0. The topological polar surface area (TPSA) is 396 Å². The lowest BCUT2D eigenvalue weighted by molar-refractivity contribution is -0.534. The largest absolute Gasteiger partial charge is 0.604 e. The van der Waals surface area contributed by atoms with E-state index in [-0.39, 0.29) is 26.2 Å². The second-order valence-electron chi connectivity index (χ2n) is 14.9. The van der Waals surface area contributed by atoms with Crippen molar-refractivity contribution in [3.63, 3.8) is 0 Å². The van der Waals surface area contributed by atoms with Gasteiger partial charge in [-0.25, -0.2) is 9.59 Å². The van der Waals surface area contributed by atoms with E-state index in [0.29, 0.717) is 0 Å². The van der Waals surface area contributed by atoms with Crippen molar-refractivity contribution in [3.8, 4) is 0 Å². The van der Waals surface area contributed by atoms with Crippen molar-refractivity contribution < 1.29 is 91.0 Å². The number of urea groups is 1. The summed E-state index contributed by atoms with van der Waals surface area (Å²) in [5.41, 5.74) is -3.67. The second kappa shape index (κ2) is 22.3. The first-order valence-electron chi connectivity index (χ1n) is 20.8. The number of aromatic amines is 2. The number of hydroxylamine groups is 4. The van der Waals surface area contributed by atoms with Crippen molar-refractivity contribution in [2.45, 2.75) is 101 Å². The third-order valence-electron chi connectivity index (χ3n) is 10.6. The molecule has 3 amide bonds. The van der Waals surface area contributed by atoms with Gasteiger partial charge in [-0.2, -0.15) is 27.7 Å². The standard InChI is InChI=1S/C35H50N8O22P2/c1-5-39(6-2)64-66(55,57-16-19-24(48)25(49)30(60-19)41-12-9-21(45)36-33(41)52)63-29-20(61-32(27(29)51)43-14-11-23(47)38-35(43)54)17-58-67(56,65-40(7-3)8-4)62-28-18(15-44)59-31(26(28)50)42-13-10-22(46)37-34(42)53/h9-14,18-20,24-32,44,48-51H,5-8,15-17H2,1-4H3,(H-2,36,37,38,45,46,47,52,53,54)/p+2/t18-,19-,20-,24-,25-,26-,27-,28-,29-,30-,31-,32-,66?,67?/m1/s1. The number of H-pyrrole nitrogens is 2. The van der Waals surface area contributed by atoms with Crippen LogP contribution in [0.25, 0.3) is 0 Å². The van der Waals surface area contributed by atoms with Gasteiger partial charge in [0.05, 0.1) is 6.61 Å². The van der Waals surface area contributed by atoms with Crippen molar-refractivity contribution in [1.29, 1.82) is 0 Å². The van der Waals surface area contributed by atoms with E-state index in [2.05, 4.69) is 0 Å². The summed E-state index contributed by atoms with van der Waals surface area (Å²) in [4.78, 5) is 107. The summed E-state index contributed by atoms with van der Waals surface area (Å²) in [7, 11) is -10.2. The molecule has 3 saturated heterocycles. The number of aliphatic hydroxyl groups is 5. The summed E-state index contributed by atoms with van der Waals surface area (Å²) in [5, 5.41) is 59.2. The Labute approximate surface area is 379 Å². The van der Waals surface area contributed by atoms with Crippen LogP contribution >= 0.6 is 16.3 Å². The van der Waals surface area contributed by atoms with Crippen LogP contribution in [0.3, 0.4) is 0 Å². The molecule has 67 heavy (non-hydrogen) atoms. The van der Waals surface area contributed by atoms with Gasteiger partial charge < -0.3 is 49.5 Å². The van der Waals surface area contributed by atoms with E-state index in [0.717, 1.165) is 61.0 Å². The summed E-state index contributed by atoms with van der Waals surface area (Å²) < 4.78 is 54.0. The molecule has 30 nitrogen and oxygen atoms in total. The highest BCUT2D eigenvalue weighted by molar-refractivity contribution is 7.54. The number of carbonyl (C=O) groups is 2. The van der Waals surface area contributed by atoms with Gasteiger partial charge in [0.2, 0.25) is 6.23 Å². The molecule has 32 heteroatoms. The first-order chi connectivity index (χ1) is 31.8. The van der Waals surface area contributed by atoms with Crippen molar-refractivity contribution in [3.05, 3.63) is 72.6 Å². The van der Waals surface area contributed by atoms with Crippen molar-refractivity contribution in [2.75, 3.05) is 46.0 Å². The number of nitrogens with zero attached hydrogens (tertiary/aromatic N) is 5. The van der Waals surface area contributed by atoms with Gasteiger partial charge in [-0.15, -0.1) is 20.0 Å². The summed E-state index contributed by atoms with van der Waals surface area (Å²) >= 11 is 0. The molecule has 2 aromatic heterocycles. The summed E-state index contributed by atoms with van der Waals surface area (Å²) in [6.07, 6.45) is -17.0. The SMILES string of the molecule is CCN(CC)O[P+]([O-])(OC[C@H]1O[C@@H](n2ccc(=O)[nH]c2=O)[C@H](O)[C@@H]1O[P+]([O-])(OC[C@H]1O[C@@H]([N+]2=C[CH+]C(=O)NC2=O)[C@H](O)[C@@H]1O)ON(CC)CC)O[C@H]1[C@@H](O)[C@H](n2ccc(=O)[nH]c2=O)O[C@@H]1CO. The zero-order valence-electron chi connectivity index (χ0n) is 36.1.